The molecule has 0 radical (unpaired) electrons. The Morgan fingerprint density at radius 2 is 1.89 bits per heavy atom. The molecule has 0 fully saturated rings. The van der Waals surface area contributed by atoms with E-state index in [-0.39, 0.29) is 5.57 Å². The second kappa shape index (κ2) is 10.6. The van der Waals surface area contributed by atoms with Crippen molar-refractivity contribution in [2.24, 2.45) is 0 Å². The van der Waals surface area contributed by atoms with Crippen molar-refractivity contribution in [3.05, 3.63) is 81.6 Å². The van der Waals surface area contributed by atoms with Gasteiger partial charge in [-0.3, -0.25) is 9.36 Å². The van der Waals surface area contributed by atoms with E-state index in [1.165, 1.54) is 4.57 Å². The number of ether oxygens (including phenoxy) is 1. The zero-order chi connectivity index (χ0) is 26.7. The zero-order valence-electron chi connectivity index (χ0n) is 21.5. The molecule has 2 heterocycles. The predicted octanol–water partition coefficient (Wildman–Crippen LogP) is 4.12. The minimum absolute atomic E-state index is 0.0349. The fourth-order valence-electron chi connectivity index (χ4n) is 4.22. The van der Waals surface area contributed by atoms with Crippen LogP contribution in [0.25, 0.3) is 22.9 Å². The molecular weight excluding hydrogens is 470 g/mol. The number of carbonyl (C=O) groups is 1. The number of aromatic nitrogens is 2. The molecule has 9 nitrogen and oxygen atoms in total. The van der Waals surface area contributed by atoms with Crippen LogP contribution in [0, 0.1) is 25.2 Å². The molecule has 0 aliphatic carbocycles. The van der Waals surface area contributed by atoms with Crippen LogP contribution >= 0.6 is 0 Å². The van der Waals surface area contributed by atoms with Crippen molar-refractivity contribution in [3.63, 3.8) is 0 Å². The first-order valence-corrected chi connectivity index (χ1v) is 11.8. The Balaban J connectivity index is 1.60. The van der Waals surface area contributed by atoms with E-state index < -0.39 is 11.7 Å². The van der Waals surface area contributed by atoms with Gasteiger partial charge in [-0.2, -0.15) is 5.26 Å². The average Bonchev–Trinajstić information content (AvgIpc) is 3.34. The van der Waals surface area contributed by atoms with Gasteiger partial charge < -0.3 is 23.9 Å². The summed E-state index contributed by atoms with van der Waals surface area (Å²) in [6, 6.07) is 16.6. The van der Waals surface area contributed by atoms with Gasteiger partial charge in [0.15, 0.2) is 5.58 Å². The minimum Gasteiger partial charge on any atom is -0.497 e. The Bertz CT molecular complexity index is 1580. The third-order valence-electron chi connectivity index (χ3n) is 6.16. The molecule has 0 aliphatic heterocycles. The zero-order valence-corrected chi connectivity index (χ0v) is 21.5. The van der Waals surface area contributed by atoms with Crippen LogP contribution in [0.5, 0.6) is 5.75 Å². The van der Waals surface area contributed by atoms with Crippen LogP contribution in [-0.2, 0) is 11.3 Å². The van der Waals surface area contributed by atoms with Crippen molar-refractivity contribution in [1.29, 1.82) is 5.26 Å². The summed E-state index contributed by atoms with van der Waals surface area (Å²) in [6.07, 6.45) is 1.58. The number of nitriles is 1. The summed E-state index contributed by atoms with van der Waals surface area (Å²) in [5, 5.41) is 12.5. The molecule has 0 spiro atoms. The SMILES string of the molecule is COc1ccc(-n2c(C)cc(/C=C(\C#N)C(=O)Nc3ccc4oc(=O)n(CCN(C)C)c4c3)c2C)cc1. The van der Waals surface area contributed by atoms with Gasteiger partial charge in [0.25, 0.3) is 5.91 Å². The molecule has 9 heteroatoms. The first-order valence-electron chi connectivity index (χ1n) is 11.8. The van der Waals surface area contributed by atoms with Gasteiger partial charge in [-0.15, -0.1) is 0 Å². The van der Waals surface area contributed by atoms with Gasteiger partial charge in [0.05, 0.1) is 12.6 Å². The van der Waals surface area contributed by atoms with Crippen molar-refractivity contribution in [3.8, 4) is 17.5 Å². The van der Waals surface area contributed by atoms with Gasteiger partial charge >= 0.3 is 5.76 Å². The molecule has 37 heavy (non-hydrogen) atoms. The van der Waals surface area contributed by atoms with Gasteiger partial charge in [-0.05, 0) is 88.1 Å². The number of rotatable bonds is 8. The molecule has 190 valence electrons. The highest BCUT2D eigenvalue weighted by molar-refractivity contribution is 6.10. The Morgan fingerprint density at radius 3 is 2.54 bits per heavy atom. The van der Waals surface area contributed by atoms with Gasteiger partial charge in [-0.1, -0.05) is 0 Å². The van der Waals surface area contributed by atoms with Crippen molar-refractivity contribution < 1.29 is 13.9 Å². The lowest BCUT2D eigenvalue weighted by molar-refractivity contribution is -0.112. The normalized spacial score (nSPS) is 11.6. The first kappa shape index (κ1) is 25.5. The van der Waals surface area contributed by atoms with Gasteiger partial charge in [0.2, 0.25) is 0 Å². The number of benzene rings is 2. The van der Waals surface area contributed by atoms with Crippen LogP contribution < -0.4 is 15.8 Å². The number of oxazole rings is 1. The van der Waals surface area contributed by atoms with Crippen LogP contribution in [-0.4, -0.2) is 47.7 Å². The fraction of sp³-hybridized carbons (Fsp3) is 0.250. The van der Waals surface area contributed by atoms with Crippen molar-refractivity contribution >= 4 is 28.8 Å². The van der Waals surface area contributed by atoms with Crippen LogP contribution in [0.4, 0.5) is 5.69 Å². The van der Waals surface area contributed by atoms with E-state index in [2.05, 4.69) is 9.88 Å². The van der Waals surface area contributed by atoms with Crippen molar-refractivity contribution in [1.82, 2.24) is 14.0 Å². The number of carbonyl (C=O) groups excluding carboxylic acids is 1. The van der Waals surface area contributed by atoms with Gasteiger partial charge in [-0.25, -0.2) is 4.79 Å². The highest BCUT2D eigenvalue weighted by atomic mass is 16.5. The number of likely N-dealkylation sites (N-methyl/N-ethyl adjacent to an activating group) is 1. The maximum Gasteiger partial charge on any atom is 0.419 e. The molecule has 2 aromatic carbocycles. The summed E-state index contributed by atoms with van der Waals surface area (Å²) < 4.78 is 14.1. The Labute approximate surface area is 214 Å². The van der Waals surface area contributed by atoms with Crippen LogP contribution in [0.1, 0.15) is 17.0 Å². The second-order valence-corrected chi connectivity index (χ2v) is 8.99. The second-order valence-electron chi connectivity index (χ2n) is 8.99. The largest absolute Gasteiger partial charge is 0.497 e. The van der Waals surface area contributed by atoms with E-state index in [9.17, 15) is 14.9 Å². The average molecular weight is 500 g/mol. The molecule has 4 aromatic rings. The topological polar surface area (TPSA) is 105 Å². The first-order chi connectivity index (χ1) is 17.7. The monoisotopic (exact) mass is 499 g/mol. The molecule has 1 N–H and O–H groups in total. The van der Waals surface area contributed by atoms with Crippen molar-refractivity contribution in [2.75, 3.05) is 33.1 Å². The smallest absolute Gasteiger partial charge is 0.419 e. The van der Waals surface area contributed by atoms with Crippen LogP contribution in [0.15, 0.2) is 63.3 Å². The summed E-state index contributed by atoms with van der Waals surface area (Å²) >= 11 is 0. The lowest BCUT2D eigenvalue weighted by Gasteiger charge is -2.10. The highest BCUT2D eigenvalue weighted by Gasteiger charge is 2.16. The molecular formula is C28H29N5O4. The number of aryl methyl sites for hydroxylation is 1. The van der Waals surface area contributed by atoms with E-state index in [0.717, 1.165) is 28.4 Å². The number of hydrogen-bond donors (Lipinski definition) is 1. The molecule has 0 saturated heterocycles. The maximum atomic E-state index is 13.0. The third kappa shape index (κ3) is 5.34. The summed E-state index contributed by atoms with van der Waals surface area (Å²) in [4.78, 5) is 27.2. The fourth-order valence-corrected chi connectivity index (χ4v) is 4.22. The van der Waals surface area contributed by atoms with Crippen LogP contribution in [0.3, 0.4) is 0 Å². The number of amides is 1. The molecule has 0 aliphatic rings. The molecule has 1 amide bonds. The van der Waals surface area contributed by atoms with E-state index >= 15 is 0 Å². The Hall–Kier alpha value is -4.55. The van der Waals surface area contributed by atoms with Crippen LogP contribution in [0.2, 0.25) is 0 Å². The van der Waals surface area contributed by atoms with Gasteiger partial charge in [0, 0.05) is 35.9 Å². The van der Waals surface area contributed by atoms with E-state index in [0.29, 0.717) is 29.9 Å². The molecule has 2 aromatic heterocycles. The summed E-state index contributed by atoms with van der Waals surface area (Å²) in [5.74, 6) is -0.231. The minimum atomic E-state index is -0.540. The van der Waals surface area contributed by atoms with Crippen molar-refractivity contribution in [2.45, 2.75) is 20.4 Å². The van der Waals surface area contributed by atoms with E-state index in [1.54, 1.807) is 31.4 Å². The lowest BCUT2D eigenvalue weighted by Crippen LogP contribution is -2.23. The highest BCUT2D eigenvalue weighted by Crippen LogP contribution is 2.25. The van der Waals surface area contributed by atoms with Gasteiger partial charge in [0.1, 0.15) is 17.4 Å². The number of nitrogens with one attached hydrogen (secondary N) is 1. The maximum absolute atomic E-state index is 13.0. The number of nitrogens with zero attached hydrogens (tertiary/aromatic N) is 4. The molecule has 0 bridgehead atoms. The Kier molecular flexibility index (Phi) is 7.32. The molecule has 0 unspecified atom stereocenters. The Morgan fingerprint density at radius 1 is 1.16 bits per heavy atom. The lowest BCUT2D eigenvalue weighted by atomic mass is 10.1. The summed E-state index contributed by atoms with van der Waals surface area (Å²) in [5.41, 5.74) is 5.02. The summed E-state index contributed by atoms with van der Waals surface area (Å²) in [6.45, 7) is 5.01. The predicted molar refractivity (Wildman–Crippen MR) is 143 cm³/mol. The standard InChI is InChI=1S/C28H29N5O4/c1-18-14-20(19(2)33(18)23-7-9-24(36-5)10-8-23)15-21(17-29)27(34)30-22-6-11-26-25(16-22)32(28(35)37-26)13-12-31(3)4/h6-11,14-16H,12-13H2,1-5H3,(H,30,34)/b21-15+. The summed E-state index contributed by atoms with van der Waals surface area (Å²) in [7, 11) is 5.46. The number of fused-ring (bicyclic) bond motifs is 1. The molecule has 0 saturated carbocycles. The molecule has 0 atom stereocenters. The number of methoxy groups -OCH3 is 1. The quantitative estimate of drug-likeness (QED) is 0.289. The van der Waals surface area contributed by atoms with E-state index in [4.69, 9.17) is 9.15 Å². The number of hydrogen-bond acceptors (Lipinski definition) is 6. The molecule has 4 rings (SSSR count). The number of anilines is 1. The third-order valence-corrected chi connectivity index (χ3v) is 6.16. The van der Waals surface area contributed by atoms with E-state index in [1.807, 2.05) is 69.2 Å².